The van der Waals surface area contributed by atoms with Crippen molar-refractivity contribution in [3.05, 3.63) is 71.3 Å². The zero-order valence-corrected chi connectivity index (χ0v) is 16.9. The van der Waals surface area contributed by atoms with Gasteiger partial charge in [-0.25, -0.2) is 13.9 Å². The normalized spacial score (nSPS) is 11.5. The van der Waals surface area contributed by atoms with Crippen LogP contribution in [0.25, 0.3) is 27.7 Å². The van der Waals surface area contributed by atoms with Crippen LogP contribution in [0.15, 0.2) is 65.6 Å². The van der Waals surface area contributed by atoms with Crippen molar-refractivity contribution < 1.29 is 9.53 Å². The number of aromatic nitrogens is 5. The van der Waals surface area contributed by atoms with E-state index in [1.807, 2.05) is 53.1 Å². The Bertz CT molecular complexity index is 1470. The Hall–Kier alpha value is -3.98. The van der Waals surface area contributed by atoms with E-state index >= 15 is 0 Å². The van der Waals surface area contributed by atoms with Crippen molar-refractivity contribution in [3.8, 4) is 0 Å². The number of imidazole rings is 1. The third-order valence-corrected chi connectivity index (χ3v) is 5.21. The molecule has 3 heterocycles. The molecule has 3 aromatic heterocycles. The van der Waals surface area contributed by atoms with Crippen molar-refractivity contribution in [3.63, 3.8) is 0 Å². The number of carbonyl (C=O) groups is 1. The molecule has 9 heteroatoms. The number of ether oxygens (including phenoxy) is 1. The number of nitrogens with zero attached hydrogens (tertiary/aromatic N) is 5. The van der Waals surface area contributed by atoms with Gasteiger partial charge in [-0.3, -0.25) is 9.78 Å². The number of amides is 1. The highest BCUT2D eigenvalue weighted by Crippen LogP contribution is 2.21. The maximum Gasteiger partial charge on any atom is 0.352 e. The van der Waals surface area contributed by atoms with Crippen molar-refractivity contribution in [1.82, 2.24) is 23.7 Å². The van der Waals surface area contributed by atoms with Gasteiger partial charge in [0, 0.05) is 25.2 Å². The fraction of sp³-hybridized carbons (Fsp3) is 0.182. The van der Waals surface area contributed by atoms with Gasteiger partial charge in [0.15, 0.2) is 0 Å². The quantitative estimate of drug-likeness (QED) is 0.458. The molecule has 9 nitrogen and oxygen atoms in total. The summed E-state index contributed by atoms with van der Waals surface area (Å²) in [6.45, 7) is 0.819. The molecule has 5 aromatic rings. The molecule has 0 saturated carbocycles. The predicted octanol–water partition coefficient (Wildman–Crippen LogP) is 2.28. The molecule has 31 heavy (non-hydrogen) atoms. The molecular weight excluding hydrogens is 396 g/mol. The van der Waals surface area contributed by atoms with E-state index in [2.05, 4.69) is 15.4 Å². The molecule has 0 fully saturated rings. The molecule has 1 amide bonds. The maximum atomic E-state index is 13.1. The molecule has 0 aliphatic heterocycles. The van der Waals surface area contributed by atoms with Crippen LogP contribution in [-0.2, 0) is 22.6 Å². The summed E-state index contributed by atoms with van der Waals surface area (Å²) in [5.74, 6) is 0.136. The lowest BCUT2D eigenvalue weighted by Gasteiger charge is -2.08. The van der Waals surface area contributed by atoms with Crippen LogP contribution in [0.3, 0.4) is 0 Å². The minimum Gasteiger partial charge on any atom is -0.383 e. The highest BCUT2D eigenvalue weighted by atomic mass is 16.5. The largest absolute Gasteiger partial charge is 0.383 e. The monoisotopic (exact) mass is 416 g/mol. The Labute approximate surface area is 176 Å². The standard InChI is InChI=1S/C22H20N6O3/c1-31-13-12-26-18-9-2-3-10-19(18)28-21(26)25-27(22(28)30)14-20(29)24-17-8-4-7-16-15(17)6-5-11-23-16/h2-11H,12-14H2,1H3,(H,24,29). The summed E-state index contributed by atoms with van der Waals surface area (Å²) in [6.07, 6.45) is 1.70. The zero-order valence-electron chi connectivity index (χ0n) is 16.9. The summed E-state index contributed by atoms with van der Waals surface area (Å²) in [5.41, 5.74) is 2.69. The zero-order chi connectivity index (χ0) is 21.4. The van der Waals surface area contributed by atoms with Crippen molar-refractivity contribution in [1.29, 1.82) is 0 Å². The van der Waals surface area contributed by atoms with E-state index in [9.17, 15) is 9.59 Å². The van der Waals surface area contributed by atoms with E-state index in [1.165, 1.54) is 9.08 Å². The number of rotatable bonds is 6. The second-order valence-corrected chi connectivity index (χ2v) is 7.13. The van der Waals surface area contributed by atoms with Gasteiger partial charge in [0.1, 0.15) is 6.54 Å². The van der Waals surface area contributed by atoms with Crippen LogP contribution in [0.5, 0.6) is 0 Å². The molecule has 0 atom stereocenters. The van der Waals surface area contributed by atoms with E-state index in [1.54, 1.807) is 19.4 Å². The first-order valence-electron chi connectivity index (χ1n) is 9.86. The lowest BCUT2D eigenvalue weighted by molar-refractivity contribution is -0.116. The number of fused-ring (bicyclic) bond motifs is 4. The van der Waals surface area contributed by atoms with Gasteiger partial charge in [-0.05, 0) is 36.4 Å². The summed E-state index contributed by atoms with van der Waals surface area (Å²) >= 11 is 0. The Kier molecular flexibility index (Phi) is 4.72. The first-order chi connectivity index (χ1) is 15.2. The van der Waals surface area contributed by atoms with Crippen LogP contribution in [-0.4, -0.2) is 43.4 Å². The summed E-state index contributed by atoms with van der Waals surface area (Å²) in [4.78, 5) is 30.1. The third-order valence-electron chi connectivity index (χ3n) is 5.21. The van der Waals surface area contributed by atoms with Crippen molar-refractivity contribution in [2.24, 2.45) is 0 Å². The molecule has 0 aliphatic rings. The van der Waals surface area contributed by atoms with Gasteiger partial charge in [-0.1, -0.05) is 18.2 Å². The number of benzene rings is 2. The van der Waals surface area contributed by atoms with Crippen LogP contribution in [0, 0.1) is 0 Å². The Morgan fingerprint density at radius 2 is 1.90 bits per heavy atom. The second kappa shape index (κ2) is 7.69. The lowest BCUT2D eigenvalue weighted by atomic mass is 10.2. The number of pyridine rings is 1. The molecular formula is C22H20N6O3. The first kappa shape index (κ1) is 19.0. The van der Waals surface area contributed by atoms with Crippen molar-refractivity contribution in [2.75, 3.05) is 19.0 Å². The lowest BCUT2D eigenvalue weighted by Crippen LogP contribution is -2.28. The molecule has 0 saturated heterocycles. The fourth-order valence-electron chi connectivity index (χ4n) is 3.82. The van der Waals surface area contributed by atoms with E-state index in [-0.39, 0.29) is 18.1 Å². The minimum absolute atomic E-state index is 0.199. The van der Waals surface area contributed by atoms with Crippen LogP contribution in [0.4, 0.5) is 5.69 Å². The van der Waals surface area contributed by atoms with E-state index in [0.717, 1.165) is 21.9 Å². The Morgan fingerprint density at radius 3 is 2.74 bits per heavy atom. The fourth-order valence-corrected chi connectivity index (χ4v) is 3.82. The molecule has 156 valence electrons. The Balaban J connectivity index is 1.50. The number of methoxy groups -OCH3 is 1. The second-order valence-electron chi connectivity index (χ2n) is 7.13. The van der Waals surface area contributed by atoms with E-state index in [4.69, 9.17) is 4.74 Å². The average molecular weight is 416 g/mol. The van der Waals surface area contributed by atoms with Gasteiger partial charge in [-0.15, -0.1) is 5.10 Å². The van der Waals surface area contributed by atoms with Crippen LogP contribution in [0.1, 0.15) is 0 Å². The van der Waals surface area contributed by atoms with Gasteiger partial charge in [0.2, 0.25) is 11.7 Å². The van der Waals surface area contributed by atoms with Gasteiger partial charge in [0.05, 0.1) is 28.8 Å². The third kappa shape index (κ3) is 3.24. The van der Waals surface area contributed by atoms with E-state index < -0.39 is 0 Å². The molecule has 0 bridgehead atoms. The van der Waals surface area contributed by atoms with Gasteiger partial charge >= 0.3 is 5.69 Å². The number of anilines is 1. The first-order valence-corrected chi connectivity index (χ1v) is 9.86. The molecule has 2 aromatic carbocycles. The maximum absolute atomic E-state index is 13.1. The topological polar surface area (TPSA) is 95.5 Å². The molecule has 1 N–H and O–H groups in total. The number of nitrogens with one attached hydrogen (secondary N) is 1. The van der Waals surface area contributed by atoms with Crippen LogP contribution < -0.4 is 11.0 Å². The Morgan fingerprint density at radius 1 is 1.06 bits per heavy atom. The highest BCUT2D eigenvalue weighted by molar-refractivity contribution is 6.00. The summed E-state index contributed by atoms with van der Waals surface area (Å²) < 4.78 is 9.84. The number of carbonyl (C=O) groups excluding carboxylic acids is 1. The minimum atomic E-state index is -0.364. The predicted molar refractivity (Wildman–Crippen MR) is 117 cm³/mol. The smallest absolute Gasteiger partial charge is 0.352 e. The SMILES string of the molecule is COCCn1c2ccccc2n2c(=O)n(CC(=O)Nc3cccc4ncccc34)nc12. The molecule has 0 aliphatic carbocycles. The van der Waals surface area contributed by atoms with Crippen molar-refractivity contribution in [2.45, 2.75) is 13.1 Å². The molecule has 0 radical (unpaired) electrons. The summed E-state index contributed by atoms with van der Waals surface area (Å²) in [6, 6.07) is 16.8. The molecule has 0 spiro atoms. The molecule has 0 unspecified atom stereocenters. The number of hydrogen-bond donors (Lipinski definition) is 1. The number of para-hydroxylation sites is 2. The molecule has 5 rings (SSSR count). The summed E-state index contributed by atoms with van der Waals surface area (Å²) in [7, 11) is 1.63. The highest BCUT2D eigenvalue weighted by Gasteiger charge is 2.19. The number of hydrogen-bond acceptors (Lipinski definition) is 5. The average Bonchev–Trinajstić information content (AvgIpc) is 3.26. The van der Waals surface area contributed by atoms with Gasteiger partial charge in [-0.2, -0.15) is 0 Å². The van der Waals surface area contributed by atoms with Crippen LogP contribution >= 0.6 is 0 Å². The van der Waals surface area contributed by atoms with Crippen molar-refractivity contribution >= 4 is 39.3 Å². The summed E-state index contributed by atoms with van der Waals surface area (Å²) in [5, 5.41) is 8.15. The van der Waals surface area contributed by atoms with Crippen LogP contribution in [0.2, 0.25) is 0 Å². The van der Waals surface area contributed by atoms with Gasteiger partial charge in [0.25, 0.3) is 0 Å². The van der Waals surface area contributed by atoms with Gasteiger partial charge < -0.3 is 14.6 Å². The van der Waals surface area contributed by atoms with E-state index in [0.29, 0.717) is 24.6 Å².